The normalized spacial score (nSPS) is 24.9. The van der Waals surface area contributed by atoms with Gasteiger partial charge >= 0.3 is 11.9 Å². The summed E-state index contributed by atoms with van der Waals surface area (Å²) in [6.07, 6.45) is 0. The SMILES string of the molecule is NC(C(=O)O)[C@H]1[C@@H](CNC(=O)c2ccccc2)[C@@H]1C(=O)O. The van der Waals surface area contributed by atoms with Crippen LogP contribution in [0.25, 0.3) is 0 Å². The van der Waals surface area contributed by atoms with Gasteiger partial charge in [-0.2, -0.15) is 0 Å². The van der Waals surface area contributed by atoms with E-state index in [1.807, 2.05) is 0 Å². The Kier molecular flexibility index (Phi) is 4.23. The van der Waals surface area contributed by atoms with E-state index < -0.39 is 35.7 Å². The zero-order valence-electron chi connectivity index (χ0n) is 11.1. The molecule has 1 amide bonds. The molecule has 7 heteroatoms. The molecule has 1 aliphatic rings. The molecule has 1 fully saturated rings. The summed E-state index contributed by atoms with van der Waals surface area (Å²) in [6.45, 7) is 0.0936. The van der Waals surface area contributed by atoms with Gasteiger partial charge < -0.3 is 21.3 Å². The number of aliphatic carboxylic acids is 2. The Morgan fingerprint density at radius 2 is 1.81 bits per heavy atom. The van der Waals surface area contributed by atoms with Crippen LogP contribution in [-0.2, 0) is 9.59 Å². The van der Waals surface area contributed by atoms with Crippen molar-refractivity contribution >= 4 is 17.8 Å². The maximum Gasteiger partial charge on any atom is 0.320 e. The topological polar surface area (TPSA) is 130 Å². The number of benzene rings is 1. The van der Waals surface area contributed by atoms with Gasteiger partial charge in [-0.25, -0.2) is 0 Å². The average molecular weight is 292 g/mol. The lowest BCUT2D eigenvalue weighted by molar-refractivity contribution is -0.140. The molecule has 0 heterocycles. The predicted molar refractivity (Wildman–Crippen MR) is 72.5 cm³/mol. The molecule has 1 unspecified atom stereocenters. The number of carboxylic acids is 2. The second-order valence-corrected chi connectivity index (χ2v) is 5.05. The first-order valence-corrected chi connectivity index (χ1v) is 6.48. The first kappa shape index (κ1) is 15.0. The van der Waals surface area contributed by atoms with Crippen LogP contribution in [0.2, 0.25) is 0 Å². The summed E-state index contributed by atoms with van der Waals surface area (Å²) < 4.78 is 0. The van der Waals surface area contributed by atoms with Crippen molar-refractivity contribution in [3.05, 3.63) is 35.9 Å². The van der Waals surface area contributed by atoms with Gasteiger partial charge in [-0.1, -0.05) is 18.2 Å². The molecule has 21 heavy (non-hydrogen) atoms. The Hall–Kier alpha value is -2.41. The van der Waals surface area contributed by atoms with Crippen LogP contribution in [0.4, 0.5) is 0 Å². The Bertz CT molecular complexity index is 560. The lowest BCUT2D eigenvalue weighted by atomic mass is 10.1. The summed E-state index contributed by atoms with van der Waals surface area (Å²) in [7, 11) is 0. The number of rotatable bonds is 6. The van der Waals surface area contributed by atoms with Gasteiger partial charge in [0.2, 0.25) is 0 Å². The summed E-state index contributed by atoms with van der Waals surface area (Å²) in [5.41, 5.74) is 5.94. The molecule has 0 bridgehead atoms. The van der Waals surface area contributed by atoms with Gasteiger partial charge in [0.1, 0.15) is 6.04 Å². The number of carbonyl (C=O) groups excluding carboxylic acids is 1. The van der Waals surface area contributed by atoms with Crippen LogP contribution in [0.1, 0.15) is 10.4 Å². The van der Waals surface area contributed by atoms with E-state index in [2.05, 4.69) is 5.32 Å². The third-order valence-corrected chi connectivity index (χ3v) is 3.75. The molecule has 1 aromatic carbocycles. The zero-order chi connectivity index (χ0) is 15.6. The fourth-order valence-corrected chi connectivity index (χ4v) is 2.57. The molecular weight excluding hydrogens is 276 g/mol. The second-order valence-electron chi connectivity index (χ2n) is 5.05. The highest BCUT2D eigenvalue weighted by atomic mass is 16.4. The second kappa shape index (κ2) is 5.92. The largest absolute Gasteiger partial charge is 0.481 e. The monoisotopic (exact) mass is 292 g/mol. The first-order valence-electron chi connectivity index (χ1n) is 6.48. The van der Waals surface area contributed by atoms with Crippen LogP contribution in [-0.4, -0.2) is 40.6 Å². The fraction of sp³-hybridized carbons (Fsp3) is 0.357. The summed E-state index contributed by atoms with van der Waals surface area (Å²) >= 11 is 0. The number of carbonyl (C=O) groups is 3. The molecular formula is C14H16N2O5. The molecule has 112 valence electrons. The maximum atomic E-state index is 11.9. The van der Waals surface area contributed by atoms with Gasteiger partial charge in [-0.05, 0) is 18.1 Å². The first-order chi connectivity index (χ1) is 9.93. The summed E-state index contributed by atoms with van der Waals surface area (Å²) in [5, 5.41) is 20.5. The minimum absolute atomic E-state index is 0.0936. The Morgan fingerprint density at radius 1 is 1.19 bits per heavy atom. The highest BCUT2D eigenvalue weighted by Crippen LogP contribution is 2.47. The number of amides is 1. The van der Waals surface area contributed by atoms with E-state index in [0.717, 1.165) is 0 Å². The number of hydrogen-bond acceptors (Lipinski definition) is 4. The van der Waals surface area contributed by atoms with Crippen LogP contribution >= 0.6 is 0 Å². The van der Waals surface area contributed by atoms with Crippen LogP contribution in [0.5, 0.6) is 0 Å². The standard InChI is InChI=1S/C14H16N2O5/c15-11(14(20)21)9-8(10(9)13(18)19)6-16-12(17)7-4-2-1-3-5-7/h1-5,8-11H,6,15H2,(H,16,17)(H,18,19)(H,20,21)/t8-,9+,10+,11?/m1/s1. The van der Waals surface area contributed by atoms with Crippen molar-refractivity contribution < 1.29 is 24.6 Å². The van der Waals surface area contributed by atoms with Crippen molar-refractivity contribution in [2.45, 2.75) is 6.04 Å². The third kappa shape index (κ3) is 3.19. The van der Waals surface area contributed by atoms with Gasteiger partial charge in [-0.3, -0.25) is 14.4 Å². The summed E-state index contributed by atoms with van der Waals surface area (Å²) in [5.74, 6) is -4.59. The molecule has 4 atom stereocenters. The molecule has 0 radical (unpaired) electrons. The lowest BCUT2D eigenvalue weighted by Gasteiger charge is -2.06. The van der Waals surface area contributed by atoms with Crippen molar-refractivity contribution in [3.63, 3.8) is 0 Å². The molecule has 0 aliphatic heterocycles. The minimum atomic E-state index is -1.23. The van der Waals surface area contributed by atoms with Crippen molar-refractivity contribution in [1.29, 1.82) is 0 Å². The van der Waals surface area contributed by atoms with E-state index in [4.69, 9.17) is 15.9 Å². The van der Waals surface area contributed by atoms with Crippen molar-refractivity contribution in [3.8, 4) is 0 Å². The number of nitrogens with two attached hydrogens (primary N) is 1. The third-order valence-electron chi connectivity index (χ3n) is 3.75. The van der Waals surface area contributed by atoms with Gasteiger partial charge in [0.15, 0.2) is 0 Å². The fourth-order valence-electron chi connectivity index (χ4n) is 2.57. The number of nitrogens with one attached hydrogen (secondary N) is 1. The van der Waals surface area contributed by atoms with Crippen LogP contribution in [0.3, 0.4) is 0 Å². The molecule has 1 aromatic rings. The van der Waals surface area contributed by atoms with Crippen LogP contribution < -0.4 is 11.1 Å². The Balaban J connectivity index is 1.95. The number of hydrogen-bond donors (Lipinski definition) is 4. The molecule has 7 nitrogen and oxygen atoms in total. The predicted octanol–water partition coefficient (Wildman–Crippen LogP) is -0.225. The summed E-state index contributed by atoms with van der Waals surface area (Å²) in [6, 6.07) is 7.25. The molecule has 1 aliphatic carbocycles. The molecule has 0 spiro atoms. The Labute approximate surface area is 120 Å². The van der Waals surface area contributed by atoms with E-state index in [9.17, 15) is 14.4 Å². The van der Waals surface area contributed by atoms with Gasteiger partial charge in [0.05, 0.1) is 5.92 Å². The lowest BCUT2D eigenvalue weighted by Crippen LogP contribution is -2.35. The molecule has 0 saturated heterocycles. The van der Waals surface area contributed by atoms with E-state index in [0.29, 0.717) is 5.56 Å². The number of carboxylic acid groups (broad SMARTS) is 2. The smallest absolute Gasteiger partial charge is 0.320 e. The van der Waals surface area contributed by atoms with E-state index >= 15 is 0 Å². The van der Waals surface area contributed by atoms with Crippen molar-refractivity contribution in [1.82, 2.24) is 5.32 Å². The van der Waals surface area contributed by atoms with Crippen LogP contribution in [0.15, 0.2) is 30.3 Å². The molecule has 0 aromatic heterocycles. The molecule has 1 saturated carbocycles. The van der Waals surface area contributed by atoms with Gasteiger partial charge in [0.25, 0.3) is 5.91 Å². The average Bonchev–Trinajstić information content (AvgIpc) is 3.19. The van der Waals surface area contributed by atoms with Gasteiger partial charge in [0, 0.05) is 18.0 Å². The van der Waals surface area contributed by atoms with Crippen LogP contribution in [0, 0.1) is 17.8 Å². The van der Waals surface area contributed by atoms with E-state index in [-0.39, 0.29) is 12.5 Å². The Morgan fingerprint density at radius 3 is 2.33 bits per heavy atom. The quantitative estimate of drug-likeness (QED) is 0.573. The zero-order valence-corrected chi connectivity index (χ0v) is 11.1. The van der Waals surface area contributed by atoms with E-state index in [1.54, 1.807) is 30.3 Å². The minimum Gasteiger partial charge on any atom is -0.481 e. The van der Waals surface area contributed by atoms with E-state index in [1.165, 1.54) is 0 Å². The summed E-state index contributed by atoms with van der Waals surface area (Å²) in [4.78, 5) is 33.8. The van der Waals surface area contributed by atoms with Crippen molar-refractivity contribution in [2.75, 3.05) is 6.54 Å². The van der Waals surface area contributed by atoms with Crippen molar-refractivity contribution in [2.24, 2.45) is 23.5 Å². The molecule has 5 N–H and O–H groups in total. The highest BCUT2D eigenvalue weighted by Gasteiger charge is 2.59. The van der Waals surface area contributed by atoms with Gasteiger partial charge in [-0.15, -0.1) is 0 Å². The maximum absolute atomic E-state index is 11.9. The molecule has 2 rings (SSSR count). The highest BCUT2D eigenvalue weighted by molar-refractivity contribution is 5.94.